The first-order chi connectivity index (χ1) is 9.58. The molecule has 0 aromatic heterocycles. The van der Waals surface area contributed by atoms with Crippen LogP contribution in [0.4, 0.5) is 10.1 Å². The highest BCUT2D eigenvalue weighted by atomic mass is 79.9. The summed E-state index contributed by atoms with van der Waals surface area (Å²) in [5.41, 5.74) is 0.832. The van der Waals surface area contributed by atoms with Gasteiger partial charge < -0.3 is 5.32 Å². The van der Waals surface area contributed by atoms with Crippen molar-refractivity contribution < 1.29 is 9.18 Å². The summed E-state index contributed by atoms with van der Waals surface area (Å²) in [6, 6.07) is 11.6. The molecule has 0 aliphatic carbocycles. The molecule has 0 unspecified atom stereocenters. The van der Waals surface area contributed by atoms with E-state index in [2.05, 4.69) is 21.2 Å². The zero-order valence-corrected chi connectivity index (χ0v) is 12.6. The van der Waals surface area contributed by atoms with E-state index in [1.807, 2.05) is 12.1 Å². The maximum atomic E-state index is 13.5. The Morgan fingerprint density at radius 3 is 2.65 bits per heavy atom. The van der Waals surface area contributed by atoms with Gasteiger partial charge in [-0.1, -0.05) is 29.8 Å². The Kier molecular flexibility index (Phi) is 4.93. The first kappa shape index (κ1) is 14.8. The van der Waals surface area contributed by atoms with E-state index in [0.717, 1.165) is 4.47 Å². The van der Waals surface area contributed by atoms with Crippen LogP contribution in [0.15, 0.2) is 53.0 Å². The summed E-state index contributed by atoms with van der Waals surface area (Å²) in [7, 11) is 0. The van der Waals surface area contributed by atoms with Crippen LogP contribution in [0.1, 0.15) is 5.56 Å². The van der Waals surface area contributed by atoms with Gasteiger partial charge in [0.25, 0.3) is 0 Å². The van der Waals surface area contributed by atoms with Crippen LogP contribution in [0.3, 0.4) is 0 Å². The van der Waals surface area contributed by atoms with Crippen LogP contribution in [0, 0.1) is 5.82 Å². The van der Waals surface area contributed by atoms with Gasteiger partial charge in [-0.25, -0.2) is 4.39 Å². The van der Waals surface area contributed by atoms with Gasteiger partial charge >= 0.3 is 0 Å². The summed E-state index contributed by atoms with van der Waals surface area (Å²) in [5.74, 6) is -0.835. The topological polar surface area (TPSA) is 29.1 Å². The van der Waals surface area contributed by atoms with Crippen molar-refractivity contribution >= 4 is 45.2 Å². The van der Waals surface area contributed by atoms with Crippen LogP contribution in [0.5, 0.6) is 0 Å². The molecule has 2 nitrogen and oxygen atoms in total. The van der Waals surface area contributed by atoms with Crippen molar-refractivity contribution in [3.8, 4) is 0 Å². The molecule has 2 aromatic rings. The molecule has 2 rings (SSSR count). The van der Waals surface area contributed by atoms with Gasteiger partial charge in [0.15, 0.2) is 0 Å². The number of anilines is 1. The Hall–Kier alpha value is -1.65. The summed E-state index contributed by atoms with van der Waals surface area (Å²) < 4.78 is 14.3. The first-order valence-corrected chi connectivity index (χ1v) is 6.92. The van der Waals surface area contributed by atoms with Crippen molar-refractivity contribution in [2.45, 2.75) is 0 Å². The van der Waals surface area contributed by atoms with Crippen LogP contribution < -0.4 is 5.32 Å². The van der Waals surface area contributed by atoms with E-state index in [9.17, 15) is 9.18 Å². The van der Waals surface area contributed by atoms with Crippen molar-refractivity contribution in [2.75, 3.05) is 5.32 Å². The fourth-order valence-corrected chi connectivity index (χ4v) is 2.18. The van der Waals surface area contributed by atoms with Crippen molar-refractivity contribution in [1.29, 1.82) is 0 Å². The van der Waals surface area contributed by atoms with Crippen molar-refractivity contribution in [3.63, 3.8) is 0 Å². The second-order valence-corrected chi connectivity index (χ2v) is 5.20. The van der Waals surface area contributed by atoms with Crippen LogP contribution in [-0.4, -0.2) is 5.91 Å². The number of carbonyl (C=O) groups is 1. The number of hydrogen-bond acceptors (Lipinski definition) is 1. The summed E-state index contributed by atoms with van der Waals surface area (Å²) in [6.45, 7) is 0. The third-order valence-corrected chi connectivity index (χ3v) is 3.55. The maximum absolute atomic E-state index is 13.5. The fourth-order valence-electron chi connectivity index (χ4n) is 1.57. The van der Waals surface area contributed by atoms with E-state index in [0.29, 0.717) is 5.69 Å². The number of benzene rings is 2. The molecule has 0 aliphatic heterocycles. The van der Waals surface area contributed by atoms with Crippen LogP contribution in [-0.2, 0) is 4.79 Å². The van der Waals surface area contributed by atoms with Gasteiger partial charge in [0, 0.05) is 16.1 Å². The van der Waals surface area contributed by atoms with Crippen molar-refractivity contribution in [1.82, 2.24) is 0 Å². The Balaban J connectivity index is 2.12. The van der Waals surface area contributed by atoms with Gasteiger partial charge in [0.2, 0.25) is 5.91 Å². The lowest BCUT2D eigenvalue weighted by Crippen LogP contribution is -2.08. The zero-order valence-electron chi connectivity index (χ0n) is 10.2. The third kappa shape index (κ3) is 3.68. The molecule has 0 atom stereocenters. The lowest BCUT2D eigenvalue weighted by Gasteiger charge is -2.04. The van der Waals surface area contributed by atoms with E-state index in [1.54, 1.807) is 18.2 Å². The number of carbonyl (C=O) groups excluding carboxylic acids is 1. The number of nitrogens with one attached hydrogen (secondary N) is 1. The number of amides is 1. The molecule has 0 spiro atoms. The molecule has 5 heteroatoms. The minimum Gasteiger partial charge on any atom is -0.321 e. The minimum absolute atomic E-state index is 0.191. The van der Waals surface area contributed by atoms with Crippen molar-refractivity contribution in [3.05, 3.63) is 69.4 Å². The lowest BCUT2D eigenvalue weighted by molar-refractivity contribution is -0.111. The average molecular weight is 355 g/mol. The van der Waals surface area contributed by atoms with Gasteiger partial charge in [-0.15, -0.1) is 0 Å². The van der Waals surface area contributed by atoms with E-state index >= 15 is 0 Å². The molecule has 0 radical (unpaired) electrons. The highest BCUT2D eigenvalue weighted by Crippen LogP contribution is 2.22. The van der Waals surface area contributed by atoms with Gasteiger partial charge in [0.05, 0.1) is 10.7 Å². The second kappa shape index (κ2) is 6.68. The smallest absolute Gasteiger partial charge is 0.248 e. The molecule has 1 N–H and O–H groups in total. The van der Waals surface area contributed by atoms with Gasteiger partial charge in [-0.05, 0) is 46.3 Å². The second-order valence-electron chi connectivity index (χ2n) is 3.94. The molecule has 102 valence electrons. The molecular formula is C15H10BrClFNO. The van der Waals surface area contributed by atoms with Gasteiger partial charge in [0.1, 0.15) is 5.82 Å². The normalized spacial score (nSPS) is 10.8. The SMILES string of the molecule is O=C(C=Cc1c(F)cccc1Cl)Nc1ccccc1Br. The Morgan fingerprint density at radius 2 is 1.95 bits per heavy atom. The zero-order chi connectivity index (χ0) is 14.5. The molecule has 0 saturated carbocycles. The predicted octanol–water partition coefficient (Wildman–Crippen LogP) is 4.89. The fraction of sp³-hybridized carbons (Fsp3) is 0. The average Bonchev–Trinajstić information content (AvgIpc) is 2.41. The molecule has 0 saturated heterocycles. The number of halogens is 3. The van der Waals surface area contributed by atoms with Crippen LogP contribution >= 0.6 is 27.5 Å². The molecule has 0 heterocycles. The lowest BCUT2D eigenvalue weighted by atomic mass is 10.2. The highest BCUT2D eigenvalue weighted by molar-refractivity contribution is 9.10. The molecule has 20 heavy (non-hydrogen) atoms. The van der Waals surface area contributed by atoms with E-state index < -0.39 is 5.82 Å². The predicted molar refractivity (Wildman–Crippen MR) is 83.2 cm³/mol. The van der Waals surface area contributed by atoms with Crippen LogP contribution in [0.2, 0.25) is 5.02 Å². The van der Waals surface area contributed by atoms with Crippen LogP contribution in [0.25, 0.3) is 6.08 Å². The minimum atomic E-state index is -0.470. The molecule has 0 bridgehead atoms. The van der Waals surface area contributed by atoms with Gasteiger partial charge in [-0.3, -0.25) is 4.79 Å². The maximum Gasteiger partial charge on any atom is 0.248 e. The highest BCUT2D eigenvalue weighted by Gasteiger charge is 2.05. The summed E-state index contributed by atoms with van der Waals surface area (Å²) in [6.07, 6.45) is 2.59. The molecule has 0 aliphatic rings. The molecule has 0 fully saturated rings. The Labute approximate surface area is 129 Å². The van der Waals surface area contributed by atoms with E-state index in [-0.39, 0.29) is 16.5 Å². The first-order valence-electron chi connectivity index (χ1n) is 5.75. The monoisotopic (exact) mass is 353 g/mol. The summed E-state index contributed by atoms with van der Waals surface area (Å²) in [4.78, 5) is 11.8. The van der Waals surface area contributed by atoms with E-state index in [1.165, 1.54) is 24.3 Å². The Morgan fingerprint density at radius 1 is 1.20 bits per heavy atom. The molecular weight excluding hydrogens is 345 g/mol. The number of para-hydroxylation sites is 1. The third-order valence-electron chi connectivity index (χ3n) is 2.53. The standard InChI is InChI=1S/C15H10BrClFNO/c16-11-4-1-2-7-14(11)19-15(20)9-8-10-12(17)5-3-6-13(10)18/h1-9H,(H,19,20). The Bertz CT molecular complexity index is 652. The quantitative estimate of drug-likeness (QED) is 0.781. The summed E-state index contributed by atoms with van der Waals surface area (Å²) in [5, 5.41) is 2.94. The molecule has 1 amide bonds. The largest absolute Gasteiger partial charge is 0.321 e. The number of rotatable bonds is 3. The van der Waals surface area contributed by atoms with Crippen molar-refractivity contribution in [2.24, 2.45) is 0 Å². The summed E-state index contributed by atoms with van der Waals surface area (Å²) >= 11 is 9.19. The van der Waals surface area contributed by atoms with E-state index in [4.69, 9.17) is 11.6 Å². The number of hydrogen-bond donors (Lipinski definition) is 1. The molecule has 2 aromatic carbocycles. The van der Waals surface area contributed by atoms with Gasteiger partial charge in [-0.2, -0.15) is 0 Å².